The van der Waals surface area contributed by atoms with Crippen molar-refractivity contribution in [2.45, 2.75) is 97.1 Å². The van der Waals surface area contributed by atoms with Gasteiger partial charge < -0.3 is 4.84 Å². The molecule has 1 aliphatic heterocycles. The fourth-order valence-electron chi connectivity index (χ4n) is 4.29. The first-order valence-electron chi connectivity index (χ1n) is 8.97. The van der Waals surface area contributed by atoms with Crippen molar-refractivity contribution in [1.82, 2.24) is 5.06 Å². The molecule has 0 aromatic carbocycles. The molecule has 0 bridgehead atoms. The van der Waals surface area contributed by atoms with E-state index in [0.29, 0.717) is 5.92 Å². The molecule has 0 amide bonds. The molecule has 2 aliphatic rings. The van der Waals surface area contributed by atoms with Crippen LogP contribution in [0.25, 0.3) is 0 Å². The third-order valence-electron chi connectivity index (χ3n) is 5.44. The summed E-state index contributed by atoms with van der Waals surface area (Å²) in [6.07, 6.45) is 11.3. The number of allylic oxidation sites excluding steroid dienone is 1. The van der Waals surface area contributed by atoms with Crippen molar-refractivity contribution in [2.75, 3.05) is 0 Å². The van der Waals surface area contributed by atoms with Crippen molar-refractivity contribution in [3.8, 4) is 0 Å². The third kappa shape index (κ3) is 3.73. The van der Waals surface area contributed by atoms with Crippen molar-refractivity contribution in [2.24, 2.45) is 5.92 Å². The lowest BCUT2D eigenvalue weighted by Crippen LogP contribution is -2.59. The second-order valence-electron chi connectivity index (χ2n) is 8.23. The molecule has 1 aliphatic carbocycles. The van der Waals surface area contributed by atoms with E-state index in [9.17, 15) is 4.79 Å². The van der Waals surface area contributed by atoms with Crippen LogP contribution in [0.4, 0.5) is 0 Å². The molecule has 2 fully saturated rings. The van der Waals surface area contributed by atoms with Crippen LogP contribution in [0, 0.1) is 5.92 Å². The van der Waals surface area contributed by atoms with Gasteiger partial charge in [0.25, 0.3) is 0 Å². The van der Waals surface area contributed by atoms with Crippen LogP contribution in [-0.4, -0.2) is 22.1 Å². The number of hydrogen-bond acceptors (Lipinski definition) is 3. The predicted octanol–water partition coefficient (Wildman–Crippen LogP) is 5.01. The fourth-order valence-corrected chi connectivity index (χ4v) is 4.29. The van der Waals surface area contributed by atoms with E-state index in [1.165, 1.54) is 25.7 Å². The molecule has 0 N–H and O–H groups in total. The lowest BCUT2D eigenvalue weighted by Gasteiger charge is -2.50. The number of carbonyl (C=O) groups excluding carboxylic acids is 1. The Bertz CT molecular complexity index is 415. The topological polar surface area (TPSA) is 29.5 Å². The van der Waals surface area contributed by atoms with Gasteiger partial charge in [-0.15, -0.1) is 5.06 Å². The zero-order chi connectivity index (χ0) is 16.4. The molecule has 0 aromatic heterocycles. The summed E-state index contributed by atoms with van der Waals surface area (Å²) in [5.41, 5.74) is 0.697. The summed E-state index contributed by atoms with van der Waals surface area (Å²) in [4.78, 5) is 18.7. The van der Waals surface area contributed by atoms with E-state index in [4.69, 9.17) is 4.84 Å². The Hall–Kier alpha value is -0.830. The maximum atomic E-state index is 12.8. The summed E-state index contributed by atoms with van der Waals surface area (Å²) in [6.45, 7) is 10.7. The highest BCUT2D eigenvalue weighted by Crippen LogP contribution is 2.39. The first-order valence-corrected chi connectivity index (χ1v) is 8.97. The second-order valence-corrected chi connectivity index (χ2v) is 8.23. The molecule has 1 saturated carbocycles. The van der Waals surface area contributed by atoms with Gasteiger partial charge in [0.15, 0.2) is 0 Å². The molecule has 0 atom stereocenters. The molecule has 3 heteroatoms. The molecule has 1 saturated heterocycles. The summed E-state index contributed by atoms with van der Waals surface area (Å²) >= 11 is 0. The Morgan fingerprint density at radius 1 is 1.00 bits per heavy atom. The van der Waals surface area contributed by atoms with Gasteiger partial charge in [-0.1, -0.05) is 25.3 Å². The smallest absolute Gasteiger partial charge is 0.352 e. The number of rotatable bonds is 3. The molecule has 3 nitrogen and oxygen atoms in total. The zero-order valence-electron chi connectivity index (χ0n) is 15.1. The Morgan fingerprint density at radius 3 is 2.05 bits per heavy atom. The van der Waals surface area contributed by atoms with Crippen LogP contribution in [0.15, 0.2) is 11.6 Å². The monoisotopic (exact) mass is 307 g/mol. The molecule has 0 unspecified atom stereocenters. The van der Waals surface area contributed by atoms with E-state index in [1.54, 1.807) is 0 Å². The summed E-state index contributed by atoms with van der Waals surface area (Å²) in [5, 5.41) is 1.97. The molecule has 2 rings (SSSR count). The van der Waals surface area contributed by atoms with Crippen LogP contribution in [0.3, 0.4) is 0 Å². The summed E-state index contributed by atoms with van der Waals surface area (Å²) < 4.78 is 0. The Kier molecular flexibility index (Phi) is 5.37. The molecular weight excluding hydrogens is 274 g/mol. The molecule has 0 aromatic rings. The number of carbonyl (C=O) groups is 1. The lowest BCUT2D eigenvalue weighted by atomic mass is 9.82. The van der Waals surface area contributed by atoms with Crippen LogP contribution in [0.2, 0.25) is 0 Å². The fraction of sp³-hybridized carbons (Fsp3) is 0.842. The molecule has 0 spiro atoms. The van der Waals surface area contributed by atoms with Crippen molar-refractivity contribution in [3.05, 3.63) is 11.6 Å². The van der Waals surface area contributed by atoms with Crippen LogP contribution in [0.1, 0.15) is 86.0 Å². The van der Waals surface area contributed by atoms with Crippen molar-refractivity contribution in [1.29, 1.82) is 0 Å². The van der Waals surface area contributed by atoms with Gasteiger partial charge in [0.2, 0.25) is 0 Å². The second kappa shape index (κ2) is 6.74. The van der Waals surface area contributed by atoms with Crippen LogP contribution < -0.4 is 0 Å². The maximum Gasteiger partial charge on any atom is 0.352 e. The van der Waals surface area contributed by atoms with Crippen LogP contribution in [0.5, 0.6) is 0 Å². The standard InChI is InChI=1S/C19H33NO2/c1-6-16(15-11-8-7-9-12-15)17(21)22-20-18(2,3)13-10-14-19(20,4)5/h6,15H,7-14H2,1-5H3. The van der Waals surface area contributed by atoms with Crippen molar-refractivity contribution < 1.29 is 9.63 Å². The predicted molar refractivity (Wildman–Crippen MR) is 90.3 cm³/mol. The Morgan fingerprint density at radius 2 is 1.55 bits per heavy atom. The van der Waals surface area contributed by atoms with Crippen molar-refractivity contribution in [3.63, 3.8) is 0 Å². The zero-order valence-corrected chi connectivity index (χ0v) is 15.1. The minimum Gasteiger partial charge on any atom is -0.363 e. The first kappa shape index (κ1) is 17.5. The van der Waals surface area contributed by atoms with Crippen molar-refractivity contribution >= 4 is 5.97 Å². The quantitative estimate of drug-likeness (QED) is 0.686. The maximum absolute atomic E-state index is 12.8. The van der Waals surface area contributed by atoms with Gasteiger partial charge in [0.05, 0.1) is 11.1 Å². The third-order valence-corrected chi connectivity index (χ3v) is 5.44. The van der Waals surface area contributed by atoms with Crippen LogP contribution >= 0.6 is 0 Å². The largest absolute Gasteiger partial charge is 0.363 e. The normalized spacial score (nSPS) is 26.7. The highest BCUT2D eigenvalue weighted by molar-refractivity contribution is 5.88. The average molecular weight is 307 g/mol. The van der Waals surface area contributed by atoms with Gasteiger partial charge in [-0.3, -0.25) is 0 Å². The molecule has 22 heavy (non-hydrogen) atoms. The van der Waals surface area contributed by atoms with Gasteiger partial charge in [-0.25, -0.2) is 4.79 Å². The van der Waals surface area contributed by atoms with E-state index < -0.39 is 0 Å². The highest BCUT2D eigenvalue weighted by Gasteiger charge is 2.44. The summed E-state index contributed by atoms with van der Waals surface area (Å²) in [5.74, 6) is 0.264. The van der Waals surface area contributed by atoms with Gasteiger partial charge in [-0.05, 0) is 72.6 Å². The summed E-state index contributed by atoms with van der Waals surface area (Å²) in [7, 11) is 0. The minimum absolute atomic E-state index is 0.0944. The van der Waals surface area contributed by atoms with Gasteiger partial charge in [0, 0.05) is 5.57 Å². The SMILES string of the molecule is CC=C(C(=O)ON1C(C)(C)CCCC1(C)C)C1CCCCC1. The van der Waals surface area contributed by atoms with Crippen LogP contribution in [-0.2, 0) is 9.63 Å². The molecule has 126 valence electrons. The van der Waals surface area contributed by atoms with E-state index in [1.807, 2.05) is 18.1 Å². The van der Waals surface area contributed by atoms with E-state index >= 15 is 0 Å². The number of nitrogens with zero attached hydrogens (tertiary/aromatic N) is 1. The number of piperidine rings is 1. The molecule has 1 heterocycles. The number of hydrogen-bond donors (Lipinski definition) is 0. The Labute approximate surface area is 136 Å². The molecular formula is C19H33NO2. The van der Waals surface area contributed by atoms with E-state index in [2.05, 4.69) is 27.7 Å². The van der Waals surface area contributed by atoms with Gasteiger partial charge >= 0.3 is 5.97 Å². The van der Waals surface area contributed by atoms with Gasteiger partial charge in [0.1, 0.15) is 0 Å². The highest BCUT2D eigenvalue weighted by atomic mass is 16.7. The minimum atomic E-state index is -0.127. The number of hydroxylamine groups is 2. The summed E-state index contributed by atoms with van der Waals surface area (Å²) in [6, 6.07) is 0. The van der Waals surface area contributed by atoms with Gasteiger partial charge in [-0.2, -0.15) is 0 Å². The first-order chi connectivity index (χ1) is 10.3. The average Bonchev–Trinajstić information content (AvgIpc) is 2.44. The lowest BCUT2D eigenvalue weighted by molar-refractivity contribution is -0.262. The van der Waals surface area contributed by atoms with E-state index in [-0.39, 0.29) is 17.0 Å². The van der Waals surface area contributed by atoms with E-state index in [0.717, 1.165) is 31.3 Å². The Balaban J connectivity index is 2.11. The molecule has 0 radical (unpaired) electrons.